The van der Waals surface area contributed by atoms with E-state index in [0.717, 1.165) is 6.66 Å². The highest BCUT2D eigenvalue weighted by Crippen LogP contribution is 2.45. The van der Waals surface area contributed by atoms with E-state index < -0.39 is 37.8 Å². The van der Waals surface area contributed by atoms with Gasteiger partial charge in [0, 0.05) is 27.1 Å². The number of rotatable bonds is 9. The smallest absolute Gasteiger partial charge is 0.351 e. The molecule has 1 aromatic heterocycles. The fourth-order valence-electron chi connectivity index (χ4n) is 2.65. The minimum atomic E-state index is -3.86. The van der Waals surface area contributed by atoms with Crippen LogP contribution in [0.15, 0.2) is 17.1 Å². The molecule has 1 fully saturated rings. The number of hydrogen-bond acceptors (Lipinski definition) is 9. The summed E-state index contributed by atoms with van der Waals surface area (Å²) in [6.07, 6.45) is -2.07. The van der Waals surface area contributed by atoms with E-state index in [1.165, 1.54) is 31.0 Å². The molecule has 1 aromatic rings. The molecule has 0 radical (unpaired) electrons. The fourth-order valence-corrected chi connectivity index (χ4v) is 3.36. The van der Waals surface area contributed by atoms with Crippen LogP contribution >= 0.6 is 7.60 Å². The predicted molar refractivity (Wildman–Crippen MR) is 90.9 cm³/mol. The summed E-state index contributed by atoms with van der Waals surface area (Å²) in [5.74, 6) is 0.0655. The minimum Gasteiger partial charge on any atom is -0.383 e. The first-order valence-corrected chi connectivity index (χ1v) is 9.87. The molecule has 2 rings (SSSR count). The third-order valence-electron chi connectivity index (χ3n) is 3.66. The largest absolute Gasteiger partial charge is 0.383 e. The number of nitrogens with zero attached hydrogens (tertiary/aromatic N) is 2. The minimum absolute atomic E-state index is 0.0655. The van der Waals surface area contributed by atoms with E-state index in [1.807, 2.05) is 0 Å². The van der Waals surface area contributed by atoms with Crippen molar-refractivity contribution in [3.63, 3.8) is 0 Å². The van der Waals surface area contributed by atoms with Crippen molar-refractivity contribution in [3.8, 4) is 0 Å². The fraction of sp³-hybridized carbons (Fsp3) is 0.714. The van der Waals surface area contributed by atoms with Crippen LogP contribution in [0.5, 0.6) is 0 Å². The maximum Gasteiger partial charge on any atom is 0.351 e. The van der Waals surface area contributed by atoms with Crippen LogP contribution in [0.2, 0.25) is 0 Å². The first-order valence-electron chi connectivity index (χ1n) is 7.85. The van der Waals surface area contributed by atoms with Gasteiger partial charge < -0.3 is 29.6 Å². The lowest BCUT2D eigenvalue weighted by Crippen LogP contribution is -2.40. The van der Waals surface area contributed by atoms with Crippen LogP contribution in [0.25, 0.3) is 0 Å². The van der Waals surface area contributed by atoms with Gasteiger partial charge in [-0.2, -0.15) is 4.98 Å². The molecule has 3 N–H and O–H groups in total. The van der Waals surface area contributed by atoms with Crippen LogP contribution in [-0.4, -0.2) is 73.5 Å². The highest BCUT2D eigenvalue weighted by Gasteiger charge is 2.49. The number of nitrogen functional groups attached to an aromatic ring is 1. The maximum atomic E-state index is 12.2. The van der Waals surface area contributed by atoms with Crippen molar-refractivity contribution in [3.05, 3.63) is 22.7 Å². The molecule has 1 aliphatic heterocycles. The van der Waals surface area contributed by atoms with E-state index in [2.05, 4.69) is 4.98 Å². The Bertz CT molecular complexity index is 693. The number of aromatic nitrogens is 2. The number of anilines is 1. The summed E-state index contributed by atoms with van der Waals surface area (Å²) < 4.78 is 40.0. The molecule has 1 saturated heterocycles. The van der Waals surface area contributed by atoms with Crippen LogP contribution < -0.4 is 11.4 Å². The summed E-state index contributed by atoms with van der Waals surface area (Å²) in [6.45, 7) is 1.58. The normalized spacial score (nSPS) is 28.2. The maximum absolute atomic E-state index is 12.2. The third-order valence-corrected chi connectivity index (χ3v) is 4.29. The average Bonchev–Trinajstić information content (AvgIpc) is 2.84. The summed E-state index contributed by atoms with van der Waals surface area (Å²) in [7, 11) is -0.896. The lowest BCUT2D eigenvalue weighted by atomic mass is 10.1. The van der Waals surface area contributed by atoms with E-state index in [1.54, 1.807) is 0 Å². The van der Waals surface area contributed by atoms with Crippen LogP contribution in [0.4, 0.5) is 5.82 Å². The van der Waals surface area contributed by atoms with Gasteiger partial charge >= 0.3 is 13.3 Å². The Kier molecular flexibility index (Phi) is 7.30. The molecule has 0 amide bonds. The van der Waals surface area contributed by atoms with Crippen molar-refractivity contribution in [2.75, 3.05) is 46.4 Å². The molecule has 0 saturated carbocycles. The van der Waals surface area contributed by atoms with E-state index >= 15 is 0 Å². The Morgan fingerprint density at radius 2 is 2.08 bits per heavy atom. The Balaban J connectivity index is 2.36. The van der Waals surface area contributed by atoms with Crippen molar-refractivity contribution in [2.45, 2.75) is 24.5 Å². The molecule has 0 bridgehead atoms. The Morgan fingerprint density at radius 1 is 1.35 bits per heavy atom. The molecule has 0 spiro atoms. The van der Waals surface area contributed by atoms with E-state index in [4.69, 9.17) is 29.2 Å². The van der Waals surface area contributed by atoms with Gasteiger partial charge in [-0.25, -0.2) is 4.79 Å². The van der Waals surface area contributed by atoms with Crippen molar-refractivity contribution in [1.82, 2.24) is 9.55 Å². The summed E-state index contributed by atoms with van der Waals surface area (Å²) in [4.78, 5) is 25.5. The molecule has 2 heterocycles. The summed E-state index contributed by atoms with van der Waals surface area (Å²) in [5.41, 5.74) is 4.87. The lowest BCUT2D eigenvalue weighted by molar-refractivity contribution is -0.0826. The second kappa shape index (κ2) is 9.05. The SMILES string of the molecule is COCCO[C@H]1C(OP(C)(=O)O)[C@@H](COC)O[C@H]1n1ccc(N)nc1=O. The van der Waals surface area contributed by atoms with E-state index in [9.17, 15) is 14.3 Å². The van der Waals surface area contributed by atoms with Crippen molar-refractivity contribution < 1.29 is 32.9 Å². The highest BCUT2D eigenvalue weighted by atomic mass is 31.2. The molecule has 0 aliphatic carbocycles. The van der Waals surface area contributed by atoms with Gasteiger partial charge in [0.25, 0.3) is 0 Å². The molecular formula is C14H24N3O8P. The van der Waals surface area contributed by atoms with E-state index in [-0.39, 0.29) is 25.6 Å². The van der Waals surface area contributed by atoms with Gasteiger partial charge in [-0.05, 0) is 6.07 Å². The molecule has 2 unspecified atom stereocenters. The Morgan fingerprint density at radius 3 is 2.65 bits per heavy atom. The second-order valence-electron chi connectivity index (χ2n) is 5.76. The monoisotopic (exact) mass is 393 g/mol. The number of ether oxygens (including phenoxy) is 4. The van der Waals surface area contributed by atoms with Crippen molar-refractivity contribution in [2.24, 2.45) is 0 Å². The number of methoxy groups -OCH3 is 2. The topological polar surface area (TPSA) is 144 Å². The van der Waals surface area contributed by atoms with Crippen LogP contribution in [0.1, 0.15) is 6.23 Å². The first kappa shape index (κ1) is 21.0. The van der Waals surface area contributed by atoms with E-state index in [0.29, 0.717) is 0 Å². The van der Waals surface area contributed by atoms with Crippen LogP contribution in [0.3, 0.4) is 0 Å². The zero-order chi connectivity index (χ0) is 19.3. The zero-order valence-electron chi connectivity index (χ0n) is 14.8. The van der Waals surface area contributed by atoms with Gasteiger partial charge in [0.2, 0.25) is 0 Å². The van der Waals surface area contributed by atoms with Crippen molar-refractivity contribution in [1.29, 1.82) is 0 Å². The molecule has 12 heteroatoms. The first-order chi connectivity index (χ1) is 12.3. The van der Waals surface area contributed by atoms with Gasteiger partial charge in [-0.1, -0.05) is 0 Å². The molecular weight excluding hydrogens is 369 g/mol. The number of hydrogen-bond donors (Lipinski definition) is 2. The summed E-state index contributed by atoms with van der Waals surface area (Å²) >= 11 is 0. The summed E-state index contributed by atoms with van der Waals surface area (Å²) in [6, 6.07) is 1.44. The molecule has 0 aromatic carbocycles. The molecule has 148 valence electrons. The molecule has 5 atom stereocenters. The van der Waals surface area contributed by atoms with Gasteiger partial charge in [0.1, 0.15) is 24.1 Å². The van der Waals surface area contributed by atoms with Crippen molar-refractivity contribution >= 4 is 13.4 Å². The van der Waals surface area contributed by atoms with Gasteiger partial charge in [-0.15, -0.1) is 0 Å². The zero-order valence-corrected chi connectivity index (χ0v) is 15.7. The number of nitrogens with two attached hydrogens (primary N) is 1. The van der Waals surface area contributed by atoms with Crippen LogP contribution in [0, 0.1) is 0 Å². The average molecular weight is 393 g/mol. The molecule has 1 aliphatic rings. The van der Waals surface area contributed by atoms with Gasteiger partial charge in [0.05, 0.1) is 19.8 Å². The Hall–Kier alpha value is -1.33. The highest BCUT2D eigenvalue weighted by molar-refractivity contribution is 7.51. The molecule has 26 heavy (non-hydrogen) atoms. The summed E-state index contributed by atoms with van der Waals surface area (Å²) in [5, 5.41) is 0. The van der Waals surface area contributed by atoms with Gasteiger partial charge in [0.15, 0.2) is 6.23 Å². The quantitative estimate of drug-likeness (QED) is 0.420. The second-order valence-corrected chi connectivity index (χ2v) is 7.58. The third kappa shape index (κ3) is 5.34. The van der Waals surface area contributed by atoms with Gasteiger partial charge in [-0.3, -0.25) is 13.7 Å². The Labute approximate surface area is 150 Å². The molecule has 11 nitrogen and oxygen atoms in total. The standard InChI is InChI=1S/C14H24N3O8P/c1-21-6-7-23-12-11(25-26(3,19)20)9(8-22-2)24-13(12)17-5-4-10(15)16-14(17)18/h4-5,9,11-13H,6-8H2,1-3H3,(H,19,20)(H2,15,16,18)/t9-,11?,12+,13-/m1/s1. The predicted octanol–water partition coefficient (Wildman–Crippen LogP) is -0.399. The lowest BCUT2D eigenvalue weighted by Gasteiger charge is -2.25. The van der Waals surface area contributed by atoms with Crippen LogP contribution in [-0.2, 0) is 28.0 Å².